The van der Waals surface area contributed by atoms with Crippen molar-refractivity contribution in [2.75, 3.05) is 13.1 Å². The van der Waals surface area contributed by atoms with Gasteiger partial charge in [0.2, 0.25) is 9.84 Å². The molecule has 0 aliphatic carbocycles. The van der Waals surface area contributed by atoms with Crippen molar-refractivity contribution in [3.8, 4) is 0 Å². The van der Waals surface area contributed by atoms with Gasteiger partial charge in [-0.1, -0.05) is 19.9 Å². The number of hydrogen-bond donors (Lipinski definition) is 0. The van der Waals surface area contributed by atoms with Gasteiger partial charge < -0.3 is 0 Å². The maximum absolute atomic E-state index is 13.6. The van der Waals surface area contributed by atoms with Gasteiger partial charge in [-0.3, -0.25) is 0 Å². The number of hydrogen-bond acceptors (Lipinski definition) is 3. The molecule has 0 spiro atoms. The average molecular weight is 440 g/mol. The third-order valence-electron chi connectivity index (χ3n) is 3.09. The van der Waals surface area contributed by atoms with Crippen molar-refractivity contribution in [1.29, 1.82) is 0 Å². The monoisotopic (exact) mass is 440 g/mol. The molecule has 0 amide bonds. The second-order valence-corrected chi connectivity index (χ2v) is 6.84. The van der Waals surface area contributed by atoms with E-state index in [0.717, 1.165) is 5.01 Å². The Balaban J connectivity index is 0.00000301. The Hall–Kier alpha value is -0.880. The van der Waals surface area contributed by atoms with E-state index in [4.69, 9.17) is 0 Å². The lowest BCUT2D eigenvalue weighted by atomic mass is 10.1. The number of rotatable bonds is 5. The Kier molecular flexibility index (Phi) is 7.74. The molecule has 0 bridgehead atoms. The molecule has 0 aromatic heterocycles. The minimum absolute atomic E-state index is 0.369. The molecule has 0 aromatic carbocycles. The van der Waals surface area contributed by atoms with E-state index in [9.17, 15) is 47.9 Å². The van der Waals surface area contributed by atoms with E-state index in [1.807, 2.05) is 13.8 Å². The number of halogens is 9. The van der Waals surface area contributed by atoms with E-state index in [2.05, 4.69) is 13.9 Å². The Bertz CT molecular complexity index is 647. The molecule has 154 valence electrons. The summed E-state index contributed by atoms with van der Waals surface area (Å²) in [6, 6.07) is 0. The summed E-state index contributed by atoms with van der Waals surface area (Å²) in [4.78, 5) is 1.96. The number of nitrogens with zero attached hydrogens (tertiary/aromatic N) is 2. The third kappa shape index (κ3) is 4.01. The molecule has 26 heavy (non-hydrogen) atoms. The lowest BCUT2D eigenvalue weighted by Crippen LogP contribution is -2.63. The fourth-order valence-corrected chi connectivity index (χ4v) is 3.30. The van der Waals surface area contributed by atoms with Crippen molar-refractivity contribution < 1.29 is 47.9 Å². The van der Waals surface area contributed by atoms with E-state index >= 15 is 0 Å². The zero-order chi connectivity index (χ0) is 21.2. The lowest BCUT2D eigenvalue weighted by Gasteiger charge is -2.34. The first-order chi connectivity index (χ1) is 11.5. The van der Waals surface area contributed by atoms with Gasteiger partial charge in [-0.25, -0.2) is 8.42 Å². The Morgan fingerprint density at radius 2 is 1.46 bits per heavy atom. The molecule has 1 aliphatic rings. The predicted octanol–water partition coefficient (Wildman–Crippen LogP) is 4.68. The zero-order valence-electron chi connectivity index (χ0n) is 13.2. The molecular formula is C11H14F9N2O2PS. The van der Waals surface area contributed by atoms with Crippen molar-refractivity contribution in [1.82, 2.24) is 5.01 Å². The van der Waals surface area contributed by atoms with Crippen molar-refractivity contribution in [2.24, 2.45) is 4.85 Å². The minimum Gasteiger partial charge on any atom is -0.217 e. The van der Waals surface area contributed by atoms with Gasteiger partial charge >= 0.3 is 23.3 Å². The van der Waals surface area contributed by atoms with Gasteiger partial charge in [0.05, 0.1) is 0 Å². The van der Waals surface area contributed by atoms with Crippen molar-refractivity contribution >= 4 is 18.9 Å². The van der Waals surface area contributed by atoms with Crippen molar-refractivity contribution in [3.63, 3.8) is 0 Å². The van der Waals surface area contributed by atoms with Crippen LogP contribution in [-0.2, 0) is 9.84 Å². The Morgan fingerprint density at radius 1 is 1.00 bits per heavy atom. The smallest absolute Gasteiger partial charge is 0.217 e. The van der Waals surface area contributed by atoms with Crippen LogP contribution < -0.4 is 0 Å². The van der Waals surface area contributed by atoms with Gasteiger partial charge in [0.1, 0.15) is 0 Å². The largest absolute Gasteiger partial charge is 0.460 e. The molecule has 0 radical (unpaired) electrons. The van der Waals surface area contributed by atoms with Crippen LogP contribution in [-0.4, -0.2) is 49.8 Å². The lowest BCUT2D eigenvalue weighted by molar-refractivity contribution is -0.382. The van der Waals surface area contributed by atoms with Crippen LogP contribution in [0.25, 0.3) is 0 Å². The van der Waals surface area contributed by atoms with Crippen LogP contribution in [0.15, 0.2) is 15.8 Å². The summed E-state index contributed by atoms with van der Waals surface area (Å²) in [5.74, 6) is -14.5. The van der Waals surface area contributed by atoms with Crippen LogP contribution in [0, 0.1) is 0 Å². The maximum Gasteiger partial charge on any atom is 0.460 e. The predicted molar refractivity (Wildman–Crippen MR) is 76.2 cm³/mol. The van der Waals surface area contributed by atoms with E-state index in [1.165, 1.54) is 0 Å². The number of sulfone groups is 1. The fourth-order valence-electron chi connectivity index (χ4n) is 1.67. The quantitative estimate of drug-likeness (QED) is 0.461. The van der Waals surface area contributed by atoms with Crippen LogP contribution in [0.2, 0.25) is 0 Å². The summed E-state index contributed by atoms with van der Waals surface area (Å²) < 4.78 is 138. The van der Waals surface area contributed by atoms with Crippen molar-refractivity contribution in [3.05, 3.63) is 11.0 Å². The molecule has 0 aromatic rings. The average Bonchev–Trinajstić information content (AvgIpc) is 2.55. The van der Waals surface area contributed by atoms with E-state index in [1.54, 1.807) is 0 Å². The van der Waals surface area contributed by atoms with Gasteiger partial charge in [-0.2, -0.15) is 49.4 Å². The number of alkyl halides is 9. The highest BCUT2D eigenvalue weighted by atomic mass is 32.2. The summed E-state index contributed by atoms with van der Waals surface area (Å²) in [6.07, 6.45) is -7.44. The maximum atomic E-state index is 13.6. The zero-order valence-corrected chi connectivity index (χ0v) is 15.0. The molecule has 0 fully saturated rings. The first-order valence-electron chi connectivity index (χ1n) is 6.80. The van der Waals surface area contributed by atoms with Gasteiger partial charge in [0.15, 0.2) is 0 Å². The van der Waals surface area contributed by atoms with Crippen LogP contribution in [0.5, 0.6) is 0 Å². The molecule has 1 aliphatic heterocycles. The normalized spacial score (nSPS) is 17.9. The first-order valence-corrected chi connectivity index (χ1v) is 8.73. The summed E-state index contributed by atoms with van der Waals surface area (Å²) in [6.45, 7) is 3.17. The van der Waals surface area contributed by atoms with E-state index in [0.29, 0.717) is 6.08 Å². The summed E-state index contributed by atoms with van der Waals surface area (Å²) in [7, 11) is -3.85. The van der Waals surface area contributed by atoms with E-state index in [-0.39, 0.29) is 6.54 Å². The highest BCUT2D eigenvalue weighted by Gasteiger charge is 2.85. The summed E-state index contributed by atoms with van der Waals surface area (Å²) in [5, 5.41) is -5.63. The molecule has 15 heteroatoms. The van der Waals surface area contributed by atoms with Crippen LogP contribution in [0.4, 0.5) is 39.5 Å². The van der Waals surface area contributed by atoms with Gasteiger partial charge in [0.25, 0.3) is 0 Å². The molecule has 0 N–H and O–H groups in total. The molecule has 4 nitrogen and oxygen atoms in total. The van der Waals surface area contributed by atoms with Crippen LogP contribution in [0.1, 0.15) is 20.3 Å². The van der Waals surface area contributed by atoms with Crippen LogP contribution in [0.3, 0.4) is 0 Å². The molecule has 0 saturated carbocycles. The molecular weight excluding hydrogens is 426 g/mol. The Labute approximate surface area is 145 Å². The van der Waals surface area contributed by atoms with Gasteiger partial charge in [-0.05, 0) is 6.42 Å². The SMILES string of the molecule is CC.O=S(=O)(C1=CCN(N=P)CC1)C(F)(F)C(F)(F)C(F)(F)C(F)(F)F. The standard InChI is InChI=1S/C9H8F9N2O2PS.C2H6/c10-6(11,8(14,15)16)7(12,13)9(17,18)24(21,22)5-1-3-20(19-23)4-2-5;1-2/h1,23H,2-4H2;1-2H3. The second-order valence-electron chi connectivity index (χ2n) is 4.60. The van der Waals surface area contributed by atoms with Crippen molar-refractivity contribution in [2.45, 2.75) is 43.5 Å². The van der Waals surface area contributed by atoms with E-state index < -0.39 is 51.0 Å². The molecule has 1 rings (SSSR count). The van der Waals surface area contributed by atoms with Gasteiger partial charge in [-0.15, -0.1) is 0 Å². The fraction of sp³-hybridized carbons (Fsp3) is 0.818. The third-order valence-corrected chi connectivity index (χ3v) is 5.36. The Morgan fingerprint density at radius 3 is 1.77 bits per heavy atom. The summed E-state index contributed by atoms with van der Waals surface area (Å²) >= 11 is 0. The highest BCUT2D eigenvalue weighted by Crippen LogP contribution is 2.55. The van der Waals surface area contributed by atoms with Crippen LogP contribution >= 0.6 is 9.03 Å². The molecule has 0 atom stereocenters. The molecule has 0 unspecified atom stereocenters. The highest BCUT2D eigenvalue weighted by molar-refractivity contribution is 7.96. The topological polar surface area (TPSA) is 49.7 Å². The minimum atomic E-state index is -7.26. The molecule has 1 heterocycles. The summed E-state index contributed by atoms with van der Waals surface area (Å²) in [5.41, 5.74) is 0. The second kappa shape index (κ2) is 8.01. The first kappa shape index (κ1) is 25.1. The van der Waals surface area contributed by atoms with Gasteiger partial charge in [0, 0.05) is 27.0 Å². The molecule has 0 saturated heterocycles.